The Balaban J connectivity index is 0.000000170. The Morgan fingerprint density at radius 2 is 1.76 bits per heavy atom. The van der Waals surface area contributed by atoms with Crippen molar-refractivity contribution in [1.29, 1.82) is 0 Å². The predicted octanol–water partition coefficient (Wildman–Crippen LogP) is 2.61. The number of hydrogen-bond donors (Lipinski definition) is 2. The van der Waals surface area contributed by atoms with E-state index in [0.29, 0.717) is 16.6 Å². The van der Waals surface area contributed by atoms with Crippen molar-refractivity contribution in [2.75, 3.05) is 51.3 Å². The van der Waals surface area contributed by atoms with E-state index in [1.165, 1.54) is 11.3 Å². The van der Waals surface area contributed by atoms with Crippen LogP contribution >= 0.6 is 23.2 Å². The summed E-state index contributed by atoms with van der Waals surface area (Å²) in [4.78, 5) is 27.6. The molecule has 2 aromatic rings. The first-order valence-electron chi connectivity index (χ1n) is 9.26. The van der Waals surface area contributed by atoms with Gasteiger partial charge in [0.05, 0.1) is 16.7 Å². The van der Waals surface area contributed by atoms with Gasteiger partial charge >= 0.3 is 11.8 Å². The average Bonchev–Trinajstić information content (AvgIpc) is 2.95. The van der Waals surface area contributed by atoms with Gasteiger partial charge in [0.2, 0.25) is 0 Å². The average molecular weight is 446 g/mol. The van der Waals surface area contributed by atoms with Crippen LogP contribution in [0.15, 0.2) is 33.6 Å². The molecular weight excluding hydrogens is 421 g/mol. The molecule has 2 aliphatic heterocycles. The van der Waals surface area contributed by atoms with E-state index in [9.17, 15) is 9.59 Å². The third kappa shape index (κ3) is 8.06. The first kappa shape index (κ1) is 23.2. The molecule has 0 spiro atoms. The van der Waals surface area contributed by atoms with Crippen molar-refractivity contribution in [2.45, 2.75) is 12.8 Å². The number of carbonyl (C=O) groups excluding carboxylic acids is 1. The Bertz CT molecular complexity index is 773. The quantitative estimate of drug-likeness (QED) is 0.698. The number of aromatic amines is 1. The molecular formula is C18H25Cl2N5O4. The van der Waals surface area contributed by atoms with Crippen LogP contribution in [0.3, 0.4) is 0 Å². The van der Waals surface area contributed by atoms with Crippen LogP contribution < -0.4 is 16.0 Å². The fourth-order valence-electron chi connectivity index (χ4n) is 2.51. The number of rotatable bonds is 1. The smallest absolute Gasteiger partial charge is 0.380 e. The molecule has 2 amide bonds. The van der Waals surface area contributed by atoms with Gasteiger partial charge in [-0.3, -0.25) is 14.4 Å². The number of amides is 2. The summed E-state index contributed by atoms with van der Waals surface area (Å²) in [6.07, 6.45) is 2.01. The highest BCUT2D eigenvalue weighted by Gasteiger charge is 2.26. The molecule has 0 aliphatic carbocycles. The summed E-state index contributed by atoms with van der Waals surface area (Å²) in [7, 11) is 1.70. The number of ether oxygens (including phenoxy) is 1. The van der Waals surface area contributed by atoms with Crippen LogP contribution in [-0.2, 0) is 4.74 Å². The molecule has 1 aromatic heterocycles. The summed E-state index contributed by atoms with van der Waals surface area (Å²) < 4.78 is 9.46. The highest BCUT2D eigenvalue weighted by atomic mass is 35.5. The second-order valence-corrected chi connectivity index (χ2v) is 7.07. The number of nitrogens with one attached hydrogen (secondary N) is 2. The third-order valence-corrected chi connectivity index (χ3v) is 4.76. The van der Waals surface area contributed by atoms with E-state index in [1.807, 2.05) is 12.1 Å². The maximum absolute atomic E-state index is 11.6. The molecule has 3 heterocycles. The molecule has 0 unspecified atom stereocenters. The Morgan fingerprint density at radius 3 is 2.38 bits per heavy atom. The molecule has 0 bridgehead atoms. The Hall–Kier alpha value is -2.07. The lowest BCUT2D eigenvalue weighted by Gasteiger charge is -2.30. The highest BCUT2D eigenvalue weighted by molar-refractivity contribution is 6.41. The fourth-order valence-corrected chi connectivity index (χ4v) is 2.78. The van der Waals surface area contributed by atoms with Crippen molar-refractivity contribution in [3.63, 3.8) is 0 Å². The lowest BCUT2D eigenvalue weighted by atomic mass is 10.3. The molecule has 2 saturated heterocycles. The first-order valence-corrected chi connectivity index (χ1v) is 10.0. The Morgan fingerprint density at radius 1 is 1.03 bits per heavy atom. The second-order valence-electron chi connectivity index (χ2n) is 6.26. The van der Waals surface area contributed by atoms with Crippen molar-refractivity contribution in [2.24, 2.45) is 0 Å². The van der Waals surface area contributed by atoms with Gasteiger partial charge in [0.25, 0.3) is 5.95 Å². The van der Waals surface area contributed by atoms with Crippen molar-refractivity contribution >= 4 is 35.2 Å². The molecule has 0 radical (unpaired) electrons. The lowest BCUT2D eigenvalue weighted by Crippen LogP contribution is -2.48. The van der Waals surface area contributed by atoms with Crippen LogP contribution in [0, 0.1) is 0 Å². The minimum atomic E-state index is -0.652. The van der Waals surface area contributed by atoms with E-state index in [0.717, 1.165) is 39.3 Å². The van der Waals surface area contributed by atoms with E-state index in [2.05, 4.69) is 20.0 Å². The summed E-state index contributed by atoms with van der Waals surface area (Å²) >= 11 is 11.2. The van der Waals surface area contributed by atoms with Crippen molar-refractivity contribution in [3.05, 3.63) is 44.9 Å². The normalized spacial score (nSPS) is 16.9. The van der Waals surface area contributed by atoms with Crippen LogP contribution in [0.25, 0.3) is 0 Å². The third-order valence-electron chi connectivity index (χ3n) is 4.01. The van der Waals surface area contributed by atoms with Gasteiger partial charge in [-0.05, 0) is 36.7 Å². The van der Waals surface area contributed by atoms with Crippen molar-refractivity contribution in [3.8, 4) is 0 Å². The molecule has 4 rings (SSSR count). The molecule has 11 heteroatoms. The summed E-state index contributed by atoms with van der Waals surface area (Å²) in [5.41, 5.74) is 0. The SMILES string of the molecule is C1CNCCOC1.CN1CCCN(c2noc(=O)[nH]2)C1=O.Clc1ccccc1Cl. The van der Waals surface area contributed by atoms with Crippen LogP contribution in [0.1, 0.15) is 12.8 Å². The van der Waals surface area contributed by atoms with Crippen LogP contribution in [0.4, 0.5) is 10.7 Å². The largest absolute Gasteiger partial charge is 0.440 e. The summed E-state index contributed by atoms with van der Waals surface area (Å²) in [6.45, 7) is 5.25. The molecule has 0 atom stereocenters. The highest BCUT2D eigenvalue weighted by Crippen LogP contribution is 2.19. The molecule has 160 valence electrons. The number of carbonyl (C=O) groups is 1. The monoisotopic (exact) mass is 445 g/mol. The number of anilines is 1. The minimum absolute atomic E-state index is 0.173. The zero-order valence-corrected chi connectivity index (χ0v) is 17.7. The number of H-pyrrole nitrogens is 1. The Labute approximate surface area is 178 Å². The van der Waals surface area contributed by atoms with Gasteiger partial charge in [-0.25, -0.2) is 9.59 Å². The second kappa shape index (κ2) is 12.5. The van der Waals surface area contributed by atoms with Gasteiger partial charge < -0.3 is 15.0 Å². The summed E-state index contributed by atoms with van der Waals surface area (Å²) in [6, 6.07) is 7.01. The van der Waals surface area contributed by atoms with Crippen molar-refractivity contribution < 1.29 is 14.1 Å². The molecule has 1 aromatic carbocycles. The number of halogens is 2. The van der Waals surface area contributed by atoms with Crippen LogP contribution in [-0.4, -0.2) is 67.5 Å². The zero-order valence-electron chi connectivity index (χ0n) is 16.2. The van der Waals surface area contributed by atoms with E-state index in [-0.39, 0.29) is 12.0 Å². The van der Waals surface area contributed by atoms with Crippen molar-refractivity contribution in [1.82, 2.24) is 20.4 Å². The fraction of sp³-hybridized carbons (Fsp3) is 0.500. The first-order chi connectivity index (χ1) is 14.0. The van der Waals surface area contributed by atoms with E-state index >= 15 is 0 Å². The summed E-state index contributed by atoms with van der Waals surface area (Å²) in [5.74, 6) is -0.479. The van der Waals surface area contributed by atoms with Gasteiger partial charge in [0.15, 0.2) is 0 Å². The van der Waals surface area contributed by atoms with E-state index < -0.39 is 5.76 Å². The number of aromatic nitrogens is 2. The Kier molecular flexibility index (Phi) is 9.99. The van der Waals surface area contributed by atoms with E-state index in [1.54, 1.807) is 24.1 Å². The molecule has 2 N–H and O–H groups in total. The van der Waals surface area contributed by atoms with Gasteiger partial charge in [-0.15, -0.1) is 0 Å². The molecule has 2 aliphatic rings. The van der Waals surface area contributed by atoms with Crippen LogP contribution in [0.2, 0.25) is 10.0 Å². The number of urea groups is 1. The maximum Gasteiger partial charge on any atom is 0.440 e. The standard InChI is InChI=1S/C7H10N4O3.C6H4Cl2.C5H11NO/c1-10-3-2-4-11(7(10)13)5-8-6(12)14-9-5;7-5-3-1-2-4-6(5)8;1-2-6-3-5-7-4-1/h2-4H2,1H3,(H,8,9,12);1-4H;6H,1-5H2. The molecule has 0 saturated carbocycles. The number of nitrogens with zero attached hydrogens (tertiary/aromatic N) is 3. The van der Waals surface area contributed by atoms with Gasteiger partial charge in [0, 0.05) is 33.3 Å². The molecule has 9 nitrogen and oxygen atoms in total. The lowest BCUT2D eigenvalue weighted by molar-refractivity contribution is 0.151. The van der Waals surface area contributed by atoms with Gasteiger partial charge in [-0.2, -0.15) is 0 Å². The van der Waals surface area contributed by atoms with Gasteiger partial charge in [-0.1, -0.05) is 35.3 Å². The van der Waals surface area contributed by atoms with Gasteiger partial charge in [0.1, 0.15) is 0 Å². The molecule has 29 heavy (non-hydrogen) atoms. The number of benzene rings is 1. The van der Waals surface area contributed by atoms with Crippen LogP contribution in [0.5, 0.6) is 0 Å². The zero-order chi connectivity index (χ0) is 21.1. The van der Waals surface area contributed by atoms with E-state index in [4.69, 9.17) is 27.9 Å². The maximum atomic E-state index is 11.6. The minimum Gasteiger partial charge on any atom is -0.380 e. The number of hydrogen-bond acceptors (Lipinski definition) is 6. The topological polar surface area (TPSA) is 104 Å². The molecule has 2 fully saturated rings. The summed E-state index contributed by atoms with van der Waals surface area (Å²) in [5, 5.41) is 7.89. The predicted molar refractivity (Wildman–Crippen MR) is 112 cm³/mol.